The number of hydrogen-bond donors (Lipinski definition) is 1. The van der Waals surface area contributed by atoms with Crippen molar-refractivity contribution in [1.29, 1.82) is 0 Å². The Morgan fingerprint density at radius 2 is 1.80 bits per heavy atom. The van der Waals surface area contributed by atoms with Crippen molar-refractivity contribution >= 4 is 33.6 Å². The Balaban J connectivity index is 1.25. The second kappa shape index (κ2) is 11.8. The van der Waals surface area contributed by atoms with Gasteiger partial charge in [0.05, 0.1) is 18.2 Å². The highest BCUT2D eigenvalue weighted by atomic mass is 79.9. The number of benzene rings is 2. The fourth-order valence-electron chi connectivity index (χ4n) is 4.05. The molecule has 1 aromatic heterocycles. The Labute approximate surface area is 214 Å². The van der Waals surface area contributed by atoms with Crippen LogP contribution in [-0.2, 0) is 6.42 Å². The van der Waals surface area contributed by atoms with E-state index in [9.17, 15) is 9.59 Å². The lowest BCUT2D eigenvalue weighted by Gasteiger charge is -2.35. The summed E-state index contributed by atoms with van der Waals surface area (Å²) in [7, 11) is 1.59. The van der Waals surface area contributed by atoms with Gasteiger partial charge < -0.3 is 19.9 Å². The normalized spacial score (nSPS) is 13.4. The zero-order chi connectivity index (χ0) is 24.6. The van der Waals surface area contributed by atoms with E-state index in [-0.39, 0.29) is 11.8 Å². The van der Waals surface area contributed by atoms with Gasteiger partial charge in [0, 0.05) is 43.4 Å². The molecule has 1 fully saturated rings. The maximum Gasteiger partial charge on any atom is 0.255 e. The van der Waals surface area contributed by atoms with Gasteiger partial charge in [-0.2, -0.15) is 0 Å². The Bertz CT molecular complexity index is 1150. The van der Waals surface area contributed by atoms with Crippen LogP contribution in [0.25, 0.3) is 0 Å². The number of pyridine rings is 1. The maximum atomic E-state index is 13.0. The van der Waals surface area contributed by atoms with Crippen molar-refractivity contribution in [1.82, 2.24) is 15.2 Å². The van der Waals surface area contributed by atoms with Crippen LogP contribution in [-0.4, -0.2) is 61.5 Å². The largest absolute Gasteiger partial charge is 0.497 e. The number of amides is 2. The maximum absolute atomic E-state index is 13.0. The average Bonchev–Trinajstić information content (AvgIpc) is 2.91. The number of piperazine rings is 1. The summed E-state index contributed by atoms with van der Waals surface area (Å²) in [4.78, 5) is 33.9. The standard InChI is InChI=1S/C27H29BrN4O3/c1-35-22-10-11-24(28)23(18-22)27(34)32-16-14-31(15-17-32)25-12-9-21(19-30-25)26(33)29-13-5-8-20-6-3-2-4-7-20/h2-4,6-7,9-12,18-19H,5,8,13-17H2,1H3,(H,29,33). The molecule has 0 spiro atoms. The molecule has 0 bridgehead atoms. The van der Waals surface area contributed by atoms with Crippen molar-refractivity contribution in [3.63, 3.8) is 0 Å². The van der Waals surface area contributed by atoms with Gasteiger partial charge in [0.2, 0.25) is 0 Å². The van der Waals surface area contributed by atoms with E-state index in [2.05, 4.69) is 43.3 Å². The van der Waals surface area contributed by atoms with Crippen LogP contribution >= 0.6 is 15.9 Å². The molecule has 1 saturated heterocycles. The highest BCUT2D eigenvalue weighted by Gasteiger charge is 2.24. The number of halogens is 1. The van der Waals surface area contributed by atoms with Crippen LogP contribution in [0.15, 0.2) is 71.3 Å². The van der Waals surface area contributed by atoms with Crippen LogP contribution in [0.2, 0.25) is 0 Å². The number of ether oxygens (including phenoxy) is 1. The molecule has 2 heterocycles. The minimum atomic E-state index is -0.114. The highest BCUT2D eigenvalue weighted by molar-refractivity contribution is 9.10. The van der Waals surface area contributed by atoms with Crippen molar-refractivity contribution in [2.24, 2.45) is 0 Å². The van der Waals surface area contributed by atoms with Crippen LogP contribution in [0.5, 0.6) is 5.75 Å². The van der Waals surface area contributed by atoms with Gasteiger partial charge in [-0.05, 0) is 64.7 Å². The Morgan fingerprint density at radius 1 is 1.03 bits per heavy atom. The average molecular weight is 537 g/mol. The summed E-state index contributed by atoms with van der Waals surface area (Å²) in [6.45, 7) is 3.15. The summed E-state index contributed by atoms with van der Waals surface area (Å²) in [6.07, 6.45) is 3.44. The molecule has 2 amide bonds. The fourth-order valence-corrected chi connectivity index (χ4v) is 4.47. The van der Waals surface area contributed by atoms with Crippen LogP contribution in [0.1, 0.15) is 32.7 Å². The minimum absolute atomic E-state index is 0.0253. The molecule has 0 saturated carbocycles. The van der Waals surface area contributed by atoms with Crippen molar-refractivity contribution in [2.45, 2.75) is 12.8 Å². The zero-order valence-corrected chi connectivity index (χ0v) is 21.3. The molecule has 2 aromatic carbocycles. The topological polar surface area (TPSA) is 74.8 Å². The Kier molecular flexibility index (Phi) is 8.36. The molecular formula is C27H29BrN4O3. The molecule has 1 N–H and O–H groups in total. The number of carbonyl (C=O) groups is 2. The lowest BCUT2D eigenvalue weighted by molar-refractivity contribution is 0.0745. The molecule has 1 aliphatic rings. The lowest BCUT2D eigenvalue weighted by Crippen LogP contribution is -2.49. The molecule has 4 rings (SSSR count). The molecule has 0 unspecified atom stereocenters. The van der Waals surface area contributed by atoms with Gasteiger partial charge in [0.25, 0.3) is 11.8 Å². The van der Waals surface area contributed by atoms with Gasteiger partial charge in [-0.25, -0.2) is 4.98 Å². The quantitative estimate of drug-likeness (QED) is 0.437. The van der Waals surface area contributed by atoms with E-state index in [1.165, 1.54) is 5.56 Å². The third-order valence-electron chi connectivity index (χ3n) is 6.08. The van der Waals surface area contributed by atoms with Crippen LogP contribution < -0.4 is 15.0 Å². The van der Waals surface area contributed by atoms with E-state index in [4.69, 9.17) is 4.74 Å². The number of methoxy groups -OCH3 is 1. The molecule has 1 aliphatic heterocycles. The van der Waals surface area contributed by atoms with Crippen molar-refractivity contribution < 1.29 is 14.3 Å². The number of nitrogens with one attached hydrogen (secondary N) is 1. The summed E-state index contributed by atoms with van der Waals surface area (Å²) in [6, 6.07) is 19.3. The summed E-state index contributed by atoms with van der Waals surface area (Å²) < 4.78 is 6.01. The first-order valence-corrected chi connectivity index (χ1v) is 12.5. The summed E-state index contributed by atoms with van der Waals surface area (Å²) in [5.41, 5.74) is 2.41. The van der Waals surface area contributed by atoms with Crippen molar-refractivity contribution in [3.05, 3.63) is 88.0 Å². The zero-order valence-electron chi connectivity index (χ0n) is 19.7. The van der Waals surface area contributed by atoms with E-state index in [1.54, 1.807) is 25.4 Å². The first-order chi connectivity index (χ1) is 17.0. The van der Waals surface area contributed by atoms with Gasteiger partial charge in [0.1, 0.15) is 11.6 Å². The predicted octanol–water partition coefficient (Wildman–Crippen LogP) is 4.18. The molecule has 3 aromatic rings. The predicted molar refractivity (Wildman–Crippen MR) is 140 cm³/mol. The first kappa shape index (κ1) is 24.7. The summed E-state index contributed by atoms with van der Waals surface area (Å²) in [5, 5.41) is 2.97. The van der Waals surface area contributed by atoms with E-state index >= 15 is 0 Å². The minimum Gasteiger partial charge on any atom is -0.497 e. The first-order valence-electron chi connectivity index (χ1n) is 11.7. The van der Waals surface area contributed by atoms with Gasteiger partial charge in [-0.3, -0.25) is 9.59 Å². The van der Waals surface area contributed by atoms with Gasteiger partial charge >= 0.3 is 0 Å². The SMILES string of the molecule is COc1ccc(Br)c(C(=O)N2CCN(c3ccc(C(=O)NCCCc4ccccc4)cn3)CC2)c1. The Hall–Kier alpha value is -3.39. The van der Waals surface area contributed by atoms with Crippen molar-refractivity contribution in [2.75, 3.05) is 44.7 Å². The monoisotopic (exact) mass is 536 g/mol. The molecule has 0 radical (unpaired) electrons. The second-order valence-corrected chi connectivity index (χ2v) is 9.23. The lowest BCUT2D eigenvalue weighted by atomic mass is 10.1. The third-order valence-corrected chi connectivity index (χ3v) is 6.77. The third kappa shape index (κ3) is 6.39. The number of rotatable bonds is 8. The number of aromatic nitrogens is 1. The molecule has 8 heteroatoms. The van der Waals surface area contributed by atoms with E-state index in [0.717, 1.165) is 23.1 Å². The molecular weight excluding hydrogens is 508 g/mol. The fraction of sp³-hybridized carbons (Fsp3) is 0.296. The molecule has 182 valence electrons. The van der Waals surface area contributed by atoms with Gasteiger partial charge in [-0.15, -0.1) is 0 Å². The smallest absolute Gasteiger partial charge is 0.255 e. The van der Waals surface area contributed by atoms with Crippen LogP contribution in [0.4, 0.5) is 5.82 Å². The van der Waals surface area contributed by atoms with Crippen LogP contribution in [0, 0.1) is 0 Å². The van der Waals surface area contributed by atoms with Gasteiger partial charge in [0.15, 0.2) is 0 Å². The molecule has 0 aliphatic carbocycles. The van der Waals surface area contributed by atoms with Gasteiger partial charge in [-0.1, -0.05) is 30.3 Å². The number of aryl methyl sites for hydroxylation is 1. The van der Waals surface area contributed by atoms with E-state index in [1.807, 2.05) is 41.3 Å². The second-order valence-electron chi connectivity index (χ2n) is 8.38. The number of nitrogens with zero attached hydrogens (tertiary/aromatic N) is 3. The molecule has 7 nitrogen and oxygen atoms in total. The highest BCUT2D eigenvalue weighted by Crippen LogP contribution is 2.25. The van der Waals surface area contributed by atoms with Crippen molar-refractivity contribution in [3.8, 4) is 5.75 Å². The van der Waals surface area contributed by atoms with E-state index in [0.29, 0.717) is 49.6 Å². The van der Waals surface area contributed by atoms with E-state index < -0.39 is 0 Å². The molecule has 35 heavy (non-hydrogen) atoms. The van der Waals surface area contributed by atoms with Crippen LogP contribution in [0.3, 0.4) is 0 Å². The number of carbonyl (C=O) groups excluding carboxylic acids is 2. The molecule has 0 atom stereocenters. The Morgan fingerprint density at radius 3 is 2.49 bits per heavy atom. The summed E-state index contributed by atoms with van der Waals surface area (Å²) in [5.74, 6) is 1.32. The number of hydrogen-bond acceptors (Lipinski definition) is 5. The number of anilines is 1. The summed E-state index contributed by atoms with van der Waals surface area (Å²) >= 11 is 3.47.